The molecule has 2 rings (SSSR count). The zero-order valence-electron chi connectivity index (χ0n) is 12.0. The highest BCUT2D eigenvalue weighted by Crippen LogP contribution is 2.17. The highest BCUT2D eigenvalue weighted by molar-refractivity contribution is 5.81. The van der Waals surface area contributed by atoms with Crippen molar-refractivity contribution in [2.75, 3.05) is 13.2 Å². The first-order chi connectivity index (χ1) is 9.66. The molecule has 0 radical (unpaired) electrons. The topological polar surface area (TPSA) is 89.3 Å². The van der Waals surface area contributed by atoms with Gasteiger partial charge in [-0.15, -0.1) is 0 Å². The van der Waals surface area contributed by atoms with Crippen molar-refractivity contribution in [3.05, 3.63) is 5.69 Å². The molecule has 1 atom stereocenters. The van der Waals surface area contributed by atoms with Gasteiger partial charge in [-0.1, -0.05) is 18.0 Å². The normalized spacial score (nSPS) is 17.1. The molecule has 1 aliphatic rings. The third-order valence-electron chi connectivity index (χ3n) is 3.50. The summed E-state index contributed by atoms with van der Waals surface area (Å²) in [5.41, 5.74) is 0.622. The molecule has 0 aromatic carbocycles. The third-order valence-corrected chi connectivity index (χ3v) is 3.50. The Kier molecular flexibility index (Phi) is 5.34. The summed E-state index contributed by atoms with van der Waals surface area (Å²) >= 11 is 0. The van der Waals surface area contributed by atoms with E-state index in [1.54, 1.807) is 6.92 Å². The molecule has 1 amide bonds. The third kappa shape index (κ3) is 4.19. The standard InChI is InChI=1S/C13H22N4O3/c1-9(12(18)15-11-5-3-4-6-11)14-7-8-19-13-10(2)16-20-17-13/h9,11,14H,3-8H2,1-2H3,(H,15,18). The van der Waals surface area contributed by atoms with E-state index in [1.165, 1.54) is 12.8 Å². The van der Waals surface area contributed by atoms with Crippen molar-refractivity contribution in [1.29, 1.82) is 0 Å². The van der Waals surface area contributed by atoms with Crippen LogP contribution in [-0.4, -0.2) is 41.5 Å². The number of hydrogen-bond donors (Lipinski definition) is 2. The Morgan fingerprint density at radius 3 is 2.85 bits per heavy atom. The molecule has 0 bridgehead atoms. The van der Waals surface area contributed by atoms with Gasteiger partial charge in [0.1, 0.15) is 12.3 Å². The van der Waals surface area contributed by atoms with E-state index in [9.17, 15) is 4.79 Å². The van der Waals surface area contributed by atoms with Gasteiger partial charge >= 0.3 is 0 Å². The smallest absolute Gasteiger partial charge is 0.278 e. The number of rotatable bonds is 7. The number of carbonyl (C=O) groups is 1. The number of ether oxygens (including phenoxy) is 1. The summed E-state index contributed by atoms with van der Waals surface area (Å²) in [5, 5.41) is 13.4. The van der Waals surface area contributed by atoms with Gasteiger partial charge in [-0.3, -0.25) is 4.79 Å². The molecule has 0 spiro atoms. The minimum atomic E-state index is -0.226. The number of aromatic nitrogens is 2. The summed E-state index contributed by atoms with van der Waals surface area (Å²) in [7, 11) is 0. The van der Waals surface area contributed by atoms with Crippen molar-refractivity contribution < 1.29 is 14.2 Å². The Hall–Kier alpha value is -1.63. The molecule has 1 fully saturated rings. The van der Waals surface area contributed by atoms with E-state index in [1.807, 2.05) is 6.92 Å². The van der Waals surface area contributed by atoms with E-state index in [-0.39, 0.29) is 11.9 Å². The Balaban J connectivity index is 1.60. The summed E-state index contributed by atoms with van der Waals surface area (Å²) in [6.07, 6.45) is 4.62. The maximum atomic E-state index is 11.9. The van der Waals surface area contributed by atoms with Crippen LogP contribution in [0, 0.1) is 6.92 Å². The fourth-order valence-corrected chi connectivity index (χ4v) is 2.27. The number of aryl methyl sites for hydroxylation is 1. The predicted octanol–water partition coefficient (Wildman–Crippen LogP) is 0.794. The first-order valence-electron chi connectivity index (χ1n) is 7.12. The lowest BCUT2D eigenvalue weighted by molar-refractivity contribution is -0.123. The average molecular weight is 282 g/mol. The summed E-state index contributed by atoms with van der Waals surface area (Å²) < 4.78 is 9.91. The van der Waals surface area contributed by atoms with Crippen LogP contribution in [0.5, 0.6) is 5.88 Å². The van der Waals surface area contributed by atoms with Crippen molar-refractivity contribution in [2.24, 2.45) is 0 Å². The molecule has 7 nitrogen and oxygen atoms in total. The second-order valence-electron chi connectivity index (χ2n) is 5.17. The Bertz CT molecular complexity index is 429. The molecule has 7 heteroatoms. The van der Waals surface area contributed by atoms with E-state index >= 15 is 0 Å². The van der Waals surface area contributed by atoms with Crippen LogP contribution >= 0.6 is 0 Å². The fraction of sp³-hybridized carbons (Fsp3) is 0.769. The van der Waals surface area contributed by atoms with Crippen LogP contribution in [0.4, 0.5) is 0 Å². The van der Waals surface area contributed by atoms with E-state index in [0.717, 1.165) is 12.8 Å². The van der Waals surface area contributed by atoms with Crippen molar-refractivity contribution in [3.63, 3.8) is 0 Å². The summed E-state index contributed by atoms with van der Waals surface area (Å²) in [6.45, 7) is 4.59. The predicted molar refractivity (Wildman–Crippen MR) is 72.4 cm³/mol. The van der Waals surface area contributed by atoms with E-state index in [0.29, 0.717) is 30.8 Å². The lowest BCUT2D eigenvalue weighted by atomic mass is 10.2. The second-order valence-corrected chi connectivity index (χ2v) is 5.17. The molecular formula is C13H22N4O3. The SMILES string of the molecule is Cc1nonc1OCCNC(C)C(=O)NC1CCCC1. The quantitative estimate of drug-likeness (QED) is 0.719. The van der Waals surface area contributed by atoms with Crippen molar-refractivity contribution in [3.8, 4) is 5.88 Å². The van der Waals surface area contributed by atoms with Crippen LogP contribution in [-0.2, 0) is 4.79 Å². The second kappa shape index (κ2) is 7.23. The Morgan fingerprint density at radius 2 is 2.20 bits per heavy atom. The van der Waals surface area contributed by atoms with Crippen molar-refractivity contribution >= 4 is 5.91 Å². The zero-order chi connectivity index (χ0) is 14.4. The molecule has 0 saturated heterocycles. The average Bonchev–Trinajstić information content (AvgIpc) is 3.06. The first-order valence-corrected chi connectivity index (χ1v) is 7.12. The highest BCUT2D eigenvalue weighted by atomic mass is 16.6. The first kappa shape index (κ1) is 14.8. The minimum Gasteiger partial charge on any atom is -0.473 e. The Morgan fingerprint density at radius 1 is 1.45 bits per heavy atom. The van der Waals surface area contributed by atoms with Crippen LogP contribution < -0.4 is 15.4 Å². The van der Waals surface area contributed by atoms with Gasteiger partial charge < -0.3 is 15.4 Å². The maximum Gasteiger partial charge on any atom is 0.278 e. The van der Waals surface area contributed by atoms with Crippen LogP contribution in [0.2, 0.25) is 0 Å². The lowest BCUT2D eigenvalue weighted by Crippen LogP contribution is -2.46. The number of nitrogens with zero attached hydrogens (tertiary/aromatic N) is 2. The molecule has 1 aliphatic carbocycles. The summed E-state index contributed by atoms with van der Waals surface area (Å²) in [6, 6.07) is 0.127. The number of amides is 1. The molecular weight excluding hydrogens is 260 g/mol. The zero-order valence-corrected chi connectivity index (χ0v) is 12.0. The van der Waals surface area contributed by atoms with Gasteiger partial charge in [-0.2, -0.15) is 0 Å². The lowest BCUT2D eigenvalue weighted by Gasteiger charge is -2.17. The fourth-order valence-electron chi connectivity index (χ4n) is 2.27. The van der Waals surface area contributed by atoms with Crippen LogP contribution in [0.15, 0.2) is 4.63 Å². The molecule has 0 aliphatic heterocycles. The van der Waals surface area contributed by atoms with Gasteiger partial charge in [-0.05, 0) is 31.8 Å². The molecule has 1 heterocycles. The molecule has 1 aromatic rings. The van der Waals surface area contributed by atoms with E-state index in [2.05, 4.69) is 25.6 Å². The van der Waals surface area contributed by atoms with Gasteiger partial charge in [0.25, 0.3) is 5.88 Å². The van der Waals surface area contributed by atoms with E-state index < -0.39 is 0 Å². The minimum absolute atomic E-state index is 0.0520. The molecule has 2 N–H and O–H groups in total. The number of nitrogens with one attached hydrogen (secondary N) is 2. The van der Waals surface area contributed by atoms with Gasteiger partial charge in [0.2, 0.25) is 5.91 Å². The van der Waals surface area contributed by atoms with Gasteiger partial charge in [0, 0.05) is 12.6 Å². The number of hydrogen-bond acceptors (Lipinski definition) is 6. The van der Waals surface area contributed by atoms with Crippen LogP contribution in [0.3, 0.4) is 0 Å². The largest absolute Gasteiger partial charge is 0.473 e. The van der Waals surface area contributed by atoms with Crippen molar-refractivity contribution in [2.45, 2.75) is 51.6 Å². The summed E-state index contributed by atoms with van der Waals surface area (Å²) in [4.78, 5) is 11.9. The van der Waals surface area contributed by atoms with Gasteiger partial charge in [0.15, 0.2) is 0 Å². The Labute approximate surface area is 118 Å². The monoisotopic (exact) mass is 282 g/mol. The van der Waals surface area contributed by atoms with E-state index in [4.69, 9.17) is 4.74 Å². The maximum absolute atomic E-state index is 11.9. The van der Waals surface area contributed by atoms with Crippen LogP contribution in [0.1, 0.15) is 38.3 Å². The molecule has 1 aromatic heterocycles. The highest BCUT2D eigenvalue weighted by Gasteiger charge is 2.20. The summed E-state index contributed by atoms with van der Waals surface area (Å²) in [5.74, 6) is 0.450. The van der Waals surface area contributed by atoms with Crippen LogP contribution in [0.25, 0.3) is 0 Å². The molecule has 1 saturated carbocycles. The van der Waals surface area contributed by atoms with Gasteiger partial charge in [0.05, 0.1) is 6.04 Å². The molecule has 20 heavy (non-hydrogen) atoms. The van der Waals surface area contributed by atoms with Crippen molar-refractivity contribution in [1.82, 2.24) is 20.9 Å². The van der Waals surface area contributed by atoms with Gasteiger partial charge in [-0.25, -0.2) is 4.63 Å². The molecule has 1 unspecified atom stereocenters. The molecule has 112 valence electrons. The number of carbonyl (C=O) groups excluding carboxylic acids is 1.